The summed E-state index contributed by atoms with van der Waals surface area (Å²) < 4.78 is 0.314. The van der Waals surface area contributed by atoms with Crippen molar-refractivity contribution in [3.63, 3.8) is 0 Å². The van der Waals surface area contributed by atoms with Crippen molar-refractivity contribution in [1.29, 1.82) is 5.26 Å². The van der Waals surface area contributed by atoms with Gasteiger partial charge in [-0.2, -0.15) is 5.26 Å². The Hall–Kier alpha value is -3.32. The van der Waals surface area contributed by atoms with Gasteiger partial charge < -0.3 is 10.2 Å². The number of hydrogen-bond donors (Lipinski definition) is 2. The summed E-state index contributed by atoms with van der Waals surface area (Å²) >= 11 is 3.24. The second-order valence-electron chi connectivity index (χ2n) is 6.18. The molecule has 0 bridgehead atoms. The zero-order chi connectivity index (χ0) is 22.3. The molecular weight excluding hydrogens is 452 g/mol. The molecule has 0 aromatic heterocycles. The number of carbonyl (C=O) groups is 1. The number of nitrogens with one attached hydrogen (secondary N) is 1. The minimum absolute atomic E-state index is 0.0527. The third kappa shape index (κ3) is 5.39. The molecule has 2 N–H and O–H groups in total. The molecule has 2 aromatic carbocycles. The molecule has 0 heterocycles. The van der Waals surface area contributed by atoms with Gasteiger partial charge in [-0.3, -0.25) is 4.79 Å². The van der Waals surface area contributed by atoms with Crippen molar-refractivity contribution in [3.05, 3.63) is 45.3 Å². The van der Waals surface area contributed by atoms with Crippen LogP contribution in [0, 0.1) is 16.2 Å². The van der Waals surface area contributed by atoms with Gasteiger partial charge in [-0.25, -0.2) is 5.21 Å². The standard InChI is InChI=1S/C20H21BrN6O3/c1-4-19(28)23-18-11-14(26(5-2)6-3)7-8-17(18)24-25-20-13(12-22)9-15(27(29)30)10-16(20)21/h7-11H,4-6H2,1-3H3,(H-,23,25,28,29,30)/p+1. The number of hydrogen-bond acceptors (Lipinski definition) is 6. The van der Waals surface area contributed by atoms with Crippen LogP contribution in [-0.4, -0.2) is 29.1 Å². The van der Waals surface area contributed by atoms with E-state index < -0.39 is 0 Å². The number of anilines is 2. The Balaban J connectivity index is 2.51. The number of benzene rings is 2. The molecule has 0 aliphatic carbocycles. The largest absolute Gasteiger partial charge is 0.372 e. The maximum atomic E-state index is 12.0. The summed E-state index contributed by atoms with van der Waals surface area (Å²) in [6.45, 7) is 7.46. The van der Waals surface area contributed by atoms with Gasteiger partial charge in [0.05, 0.1) is 20.6 Å². The molecule has 10 heteroatoms. The van der Waals surface area contributed by atoms with Crippen molar-refractivity contribution < 1.29 is 14.9 Å². The van der Waals surface area contributed by atoms with E-state index in [1.807, 2.05) is 32.0 Å². The lowest BCUT2D eigenvalue weighted by molar-refractivity contribution is -0.729. The van der Waals surface area contributed by atoms with E-state index in [1.54, 1.807) is 13.0 Å². The van der Waals surface area contributed by atoms with E-state index in [4.69, 9.17) is 5.21 Å². The van der Waals surface area contributed by atoms with Crippen LogP contribution in [0.5, 0.6) is 0 Å². The molecule has 0 spiro atoms. The highest BCUT2D eigenvalue weighted by Gasteiger charge is 2.19. The molecule has 1 amide bonds. The van der Waals surface area contributed by atoms with Crippen LogP contribution in [0.2, 0.25) is 0 Å². The zero-order valence-corrected chi connectivity index (χ0v) is 18.5. The Morgan fingerprint density at radius 2 is 1.93 bits per heavy atom. The number of rotatable bonds is 8. The summed E-state index contributed by atoms with van der Waals surface area (Å²) in [5, 5.41) is 29.6. The highest BCUT2D eigenvalue weighted by molar-refractivity contribution is 9.10. The third-order valence-electron chi connectivity index (χ3n) is 4.35. The highest BCUT2D eigenvalue weighted by Crippen LogP contribution is 2.36. The van der Waals surface area contributed by atoms with Crippen LogP contribution < -0.4 is 10.2 Å². The van der Waals surface area contributed by atoms with Crippen molar-refractivity contribution in [2.24, 2.45) is 10.2 Å². The van der Waals surface area contributed by atoms with Crippen molar-refractivity contribution >= 4 is 50.3 Å². The van der Waals surface area contributed by atoms with Crippen molar-refractivity contribution in [1.82, 2.24) is 0 Å². The molecule has 0 saturated carbocycles. The van der Waals surface area contributed by atoms with E-state index in [9.17, 15) is 15.0 Å². The van der Waals surface area contributed by atoms with Gasteiger partial charge in [0.15, 0.2) is 0 Å². The third-order valence-corrected chi connectivity index (χ3v) is 4.96. The average Bonchev–Trinajstić information content (AvgIpc) is 2.74. The van der Waals surface area contributed by atoms with Crippen LogP contribution in [0.4, 0.5) is 28.4 Å². The van der Waals surface area contributed by atoms with Crippen molar-refractivity contribution in [3.8, 4) is 6.07 Å². The number of nitriles is 1. The maximum absolute atomic E-state index is 12.0. The van der Waals surface area contributed by atoms with Crippen LogP contribution in [0.1, 0.15) is 32.8 Å². The maximum Gasteiger partial charge on any atom is 0.319 e. The lowest BCUT2D eigenvalue weighted by Crippen LogP contribution is -2.22. The van der Waals surface area contributed by atoms with Gasteiger partial charge in [-0.05, 0) is 48.0 Å². The number of nitrogens with zero attached hydrogens (tertiary/aromatic N) is 5. The molecule has 156 valence electrons. The first-order chi connectivity index (χ1) is 14.3. The summed E-state index contributed by atoms with van der Waals surface area (Å²) in [6, 6.07) is 9.91. The molecule has 0 radical (unpaired) electrons. The van der Waals surface area contributed by atoms with Crippen LogP contribution in [0.3, 0.4) is 0 Å². The number of carbonyl (C=O) groups excluding carboxylic acids is 1. The molecule has 9 nitrogen and oxygen atoms in total. The fourth-order valence-corrected chi connectivity index (χ4v) is 3.25. The number of halogens is 1. The summed E-state index contributed by atoms with van der Waals surface area (Å²) in [7, 11) is 0. The molecule has 0 saturated heterocycles. The molecule has 2 rings (SSSR count). The molecule has 30 heavy (non-hydrogen) atoms. The van der Waals surface area contributed by atoms with Crippen LogP contribution in [-0.2, 0) is 4.79 Å². The molecular formula is C20H22BrN6O3+. The molecule has 0 aliphatic rings. The van der Waals surface area contributed by atoms with E-state index in [-0.39, 0.29) is 27.8 Å². The van der Waals surface area contributed by atoms with Crippen molar-refractivity contribution in [2.75, 3.05) is 23.3 Å². The Morgan fingerprint density at radius 1 is 1.23 bits per heavy atom. The Labute approximate surface area is 182 Å². The van der Waals surface area contributed by atoms with Gasteiger partial charge >= 0.3 is 5.69 Å². The predicted molar refractivity (Wildman–Crippen MR) is 117 cm³/mol. The summed E-state index contributed by atoms with van der Waals surface area (Å²) in [5.41, 5.74) is 1.99. The van der Waals surface area contributed by atoms with Crippen LogP contribution in [0.25, 0.3) is 0 Å². The smallest absolute Gasteiger partial charge is 0.319 e. The molecule has 2 aromatic rings. The van der Waals surface area contributed by atoms with Gasteiger partial charge in [0.25, 0.3) is 4.92 Å². The predicted octanol–water partition coefficient (Wildman–Crippen LogP) is 5.73. The summed E-state index contributed by atoms with van der Waals surface area (Å²) in [6.07, 6.45) is 0.310. The summed E-state index contributed by atoms with van der Waals surface area (Å²) in [5.74, 6) is -0.162. The van der Waals surface area contributed by atoms with E-state index >= 15 is 0 Å². The van der Waals surface area contributed by atoms with Gasteiger partial charge in [0.1, 0.15) is 17.4 Å². The first kappa shape index (κ1) is 23.0. The zero-order valence-electron chi connectivity index (χ0n) is 16.9. The lowest BCUT2D eigenvalue weighted by Gasteiger charge is -2.22. The molecule has 0 atom stereocenters. The van der Waals surface area contributed by atoms with Gasteiger partial charge in [-0.15, -0.1) is 10.2 Å². The molecule has 0 fully saturated rings. The minimum Gasteiger partial charge on any atom is -0.372 e. The monoisotopic (exact) mass is 473 g/mol. The fourth-order valence-electron chi connectivity index (χ4n) is 2.72. The molecule has 0 unspecified atom stereocenters. The second-order valence-corrected chi connectivity index (χ2v) is 7.04. The Bertz CT molecular complexity index is 1030. The van der Waals surface area contributed by atoms with Gasteiger partial charge in [0, 0.05) is 37.3 Å². The van der Waals surface area contributed by atoms with Crippen LogP contribution in [0.15, 0.2) is 45.0 Å². The SMILES string of the molecule is CCC(=O)Nc1cc(N(CC)CC)ccc1/N=N/c1c(Br)cc([N+](=O)O)cc1C#N. The van der Waals surface area contributed by atoms with E-state index in [0.29, 0.717) is 22.3 Å². The van der Waals surface area contributed by atoms with E-state index in [1.165, 1.54) is 12.1 Å². The van der Waals surface area contributed by atoms with Gasteiger partial charge in [0.2, 0.25) is 5.91 Å². The Morgan fingerprint density at radius 3 is 2.50 bits per heavy atom. The molecule has 0 aliphatic heterocycles. The summed E-state index contributed by atoms with van der Waals surface area (Å²) in [4.78, 5) is 24.9. The van der Waals surface area contributed by atoms with E-state index in [2.05, 4.69) is 36.4 Å². The van der Waals surface area contributed by atoms with Gasteiger partial charge in [-0.1, -0.05) is 6.92 Å². The average molecular weight is 474 g/mol. The first-order valence-corrected chi connectivity index (χ1v) is 10.1. The lowest BCUT2D eigenvalue weighted by atomic mass is 10.2. The number of azo groups is 1. The highest BCUT2D eigenvalue weighted by atomic mass is 79.9. The first-order valence-electron chi connectivity index (χ1n) is 9.34. The number of amides is 1. The van der Waals surface area contributed by atoms with Crippen molar-refractivity contribution in [2.45, 2.75) is 27.2 Å². The minimum atomic E-state index is -0.336. The Kier molecular flexibility index (Phi) is 8.00. The quantitative estimate of drug-likeness (QED) is 0.374. The normalized spacial score (nSPS) is 10.6. The fraction of sp³-hybridized carbons (Fsp3) is 0.300. The van der Waals surface area contributed by atoms with Crippen LogP contribution >= 0.6 is 15.9 Å². The van der Waals surface area contributed by atoms with E-state index in [0.717, 1.165) is 18.8 Å². The topological polar surface area (TPSA) is 121 Å². The second kappa shape index (κ2) is 10.5.